The molecule has 6 nitrogen and oxygen atoms in total. The molecule has 1 N–H and O–H groups in total. The first kappa shape index (κ1) is 20.9. The van der Waals surface area contributed by atoms with Gasteiger partial charge in [-0.1, -0.05) is 23.7 Å². The van der Waals surface area contributed by atoms with Gasteiger partial charge in [0, 0.05) is 5.69 Å². The van der Waals surface area contributed by atoms with Crippen molar-refractivity contribution in [3.8, 4) is 5.75 Å². The number of amides is 3. The van der Waals surface area contributed by atoms with Crippen LogP contribution >= 0.6 is 23.4 Å². The van der Waals surface area contributed by atoms with E-state index >= 15 is 0 Å². The van der Waals surface area contributed by atoms with Gasteiger partial charge in [0.15, 0.2) is 0 Å². The fourth-order valence-electron chi connectivity index (χ4n) is 2.53. The van der Waals surface area contributed by atoms with Crippen LogP contribution in [0, 0.1) is 5.82 Å². The molecule has 1 aliphatic heterocycles. The van der Waals surface area contributed by atoms with E-state index in [4.69, 9.17) is 16.3 Å². The molecule has 29 heavy (non-hydrogen) atoms. The van der Waals surface area contributed by atoms with E-state index < -0.39 is 29.4 Å². The predicted molar refractivity (Wildman–Crippen MR) is 110 cm³/mol. The molecule has 9 heteroatoms. The maximum atomic E-state index is 13.2. The lowest BCUT2D eigenvalue weighted by atomic mass is 10.2. The van der Waals surface area contributed by atoms with E-state index in [1.807, 2.05) is 6.92 Å². The van der Waals surface area contributed by atoms with E-state index in [-0.39, 0.29) is 15.6 Å². The lowest BCUT2D eigenvalue weighted by Gasteiger charge is -2.12. The number of thioether (sulfide) groups is 1. The van der Waals surface area contributed by atoms with Gasteiger partial charge >= 0.3 is 0 Å². The van der Waals surface area contributed by atoms with Crippen molar-refractivity contribution in [1.29, 1.82) is 0 Å². The molecule has 3 amide bonds. The Morgan fingerprint density at radius 2 is 1.97 bits per heavy atom. The Kier molecular flexibility index (Phi) is 6.56. The van der Waals surface area contributed by atoms with Crippen LogP contribution in [0.25, 0.3) is 6.08 Å². The predicted octanol–water partition coefficient (Wildman–Crippen LogP) is 4.55. The summed E-state index contributed by atoms with van der Waals surface area (Å²) in [6.45, 7) is 1.97. The van der Waals surface area contributed by atoms with E-state index in [1.54, 1.807) is 30.3 Å². The molecule has 0 unspecified atom stereocenters. The maximum Gasteiger partial charge on any atom is 0.294 e. The molecular weight excluding hydrogens is 419 g/mol. The van der Waals surface area contributed by atoms with Crippen LogP contribution in [0.5, 0.6) is 5.75 Å². The molecule has 1 heterocycles. The summed E-state index contributed by atoms with van der Waals surface area (Å²) in [5.74, 6) is -1.07. The largest absolute Gasteiger partial charge is 0.494 e. The Hall–Kier alpha value is -2.84. The molecule has 150 valence electrons. The van der Waals surface area contributed by atoms with Gasteiger partial charge in [-0.2, -0.15) is 0 Å². The average Bonchev–Trinajstić information content (AvgIpc) is 2.94. The number of carbonyl (C=O) groups is 3. The Balaban J connectivity index is 1.66. The molecule has 0 spiro atoms. The minimum atomic E-state index is -0.616. The number of hydrogen-bond acceptors (Lipinski definition) is 5. The van der Waals surface area contributed by atoms with Gasteiger partial charge in [-0.25, -0.2) is 4.39 Å². The third kappa shape index (κ3) is 5.16. The van der Waals surface area contributed by atoms with E-state index in [0.29, 0.717) is 12.4 Å². The number of nitrogens with zero attached hydrogens (tertiary/aromatic N) is 1. The number of nitrogens with one attached hydrogen (secondary N) is 1. The van der Waals surface area contributed by atoms with Crippen LogP contribution in [-0.4, -0.2) is 35.1 Å². The van der Waals surface area contributed by atoms with Gasteiger partial charge in [-0.3, -0.25) is 19.3 Å². The first-order chi connectivity index (χ1) is 13.9. The molecule has 0 atom stereocenters. The lowest BCUT2D eigenvalue weighted by Crippen LogP contribution is -2.36. The van der Waals surface area contributed by atoms with Crippen LogP contribution in [0.3, 0.4) is 0 Å². The van der Waals surface area contributed by atoms with Crippen LogP contribution in [0.4, 0.5) is 14.9 Å². The highest BCUT2D eigenvalue weighted by atomic mass is 35.5. The van der Waals surface area contributed by atoms with Crippen LogP contribution in [0.15, 0.2) is 47.4 Å². The number of anilines is 1. The van der Waals surface area contributed by atoms with Gasteiger partial charge in [0.05, 0.1) is 16.5 Å². The van der Waals surface area contributed by atoms with Crippen molar-refractivity contribution in [2.24, 2.45) is 0 Å². The zero-order valence-corrected chi connectivity index (χ0v) is 16.8. The second-order valence-corrected chi connectivity index (χ2v) is 7.35. The minimum absolute atomic E-state index is 0.146. The van der Waals surface area contributed by atoms with Crippen molar-refractivity contribution >= 4 is 52.2 Å². The lowest BCUT2D eigenvalue weighted by molar-refractivity contribution is -0.127. The maximum absolute atomic E-state index is 13.2. The second kappa shape index (κ2) is 9.11. The Bertz CT molecular complexity index is 994. The number of benzene rings is 2. The summed E-state index contributed by atoms with van der Waals surface area (Å²) >= 11 is 6.43. The van der Waals surface area contributed by atoms with Crippen molar-refractivity contribution in [2.45, 2.75) is 6.92 Å². The zero-order valence-electron chi connectivity index (χ0n) is 15.3. The standard InChI is InChI=1S/C20H16ClFN2O4S/c1-2-28-14-6-3-12(4-7-14)9-17-19(26)24(20(27)29-17)11-18(25)23-13-5-8-16(22)15(21)10-13/h3-10H,2,11H2,1H3,(H,23,25)/b17-9+. The molecular formula is C20H16ClFN2O4S. The zero-order chi connectivity index (χ0) is 21.0. The summed E-state index contributed by atoms with van der Waals surface area (Å²) in [5.41, 5.74) is 0.989. The third-order valence-electron chi connectivity index (χ3n) is 3.87. The number of rotatable bonds is 6. The Morgan fingerprint density at radius 3 is 2.62 bits per heavy atom. The highest BCUT2D eigenvalue weighted by molar-refractivity contribution is 8.18. The van der Waals surface area contributed by atoms with Crippen LogP contribution in [0.2, 0.25) is 5.02 Å². The fourth-order valence-corrected chi connectivity index (χ4v) is 3.55. The number of halogens is 2. The van der Waals surface area contributed by atoms with Crippen LogP contribution in [-0.2, 0) is 9.59 Å². The summed E-state index contributed by atoms with van der Waals surface area (Å²) in [6.07, 6.45) is 1.58. The van der Waals surface area contributed by atoms with E-state index in [0.717, 1.165) is 28.3 Å². The molecule has 0 aromatic heterocycles. The van der Waals surface area contributed by atoms with Gasteiger partial charge < -0.3 is 10.1 Å². The smallest absolute Gasteiger partial charge is 0.294 e. The molecule has 1 aliphatic rings. The van der Waals surface area contributed by atoms with Gasteiger partial charge in [-0.15, -0.1) is 0 Å². The molecule has 0 saturated carbocycles. The molecule has 2 aromatic rings. The number of hydrogen-bond donors (Lipinski definition) is 1. The van der Waals surface area contributed by atoms with Gasteiger partial charge in [-0.05, 0) is 60.7 Å². The summed E-state index contributed by atoms with van der Waals surface area (Å²) in [6, 6.07) is 10.8. The van der Waals surface area contributed by atoms with Gasteiger partial charge in [0.2, 0.25) is 5.91 Å². The monoisotopic (exact) mass is 434 g/mol. The topological polar surface area (TPSA) is 75.7 Å². The normalized spacial score (nSPS) is 15.1. The third-order valence-corrected chi connectivity index (χ3v) is 5.06. The molecule has 0 radical (unpaired) electrons. The summed E-state index contributed by atoms with van der Waals surface area (Å²) in [7, 11) is 0. The minimum Gasteiger partial charge on any atom is -0.494 e. The Morgan fingerprint density at radius 1 is 1.24 bits per heavy atom. The summed E-state index contributed by atoms with van der Waals surface area (Å²) < 4.78 is 18.6. The first-order valence-corrected chi connectivity index (χ1v) is 9.80. The summed E-state index contributed by atoms with van der Waals surface area (Å²) in [4.78, 5) is 37.9. The van der Waals surface area contributed by atoms with Crippen molar-refractivity contribution in [3.63, 3.8) is 0 Å². The number of carbonyl (C=O) groups excluding carboxylic acids is 3. The Labute approximate surface area is 175 Å². The SMILES string of the molecule is CCOc1ccc(/C=C2/SC(=O)N(CC(=O)Nc3ccc(F)c(Cl)c3)C2=O)cc1. The molecule has 1 fully saturated rings. The van der Waals surface area contributed by atoms with E-state index in [2.05, 4.69) is 5.32 Å². The van der Waals surface area contributed by atoms with Crippen LogP contribution in [0.1, 0.15) is 12.5 Å². The average molecular weight is 435 g/mol. The summed E-state index contributed by atoms with van der Waals surface area (Å²) in [5, 5.41) is 1.79. The highest BCUT2D eigenvalue weighted by Gasteiger charge is 2.36. The number of ether oxygens (including phenoxy) is 1. The first-order valence-electron chi connectivity index (χ1n) is 8.60. The van der Waals surface area contributed by atoms with E-state index in [1.165, 1.54) is 12.1 Å². The van der Waals surface area contributed by atoms with Crippen molar-refractivity contribution < 1.29 is 23.5 Å². The molecule has 3 rings (SSSR count). The quantitative estimate of drug-likeness (QED) is 0.675. The van der Waals surface area contributed by atoms with Crippen LogP contribution < -0.4 is 10.1 Å². The fraction of sp³-hybridized carbons (Fsp3) is 0.150. The number of imide groups is 1. The molecule has 0 bridgehead atoms. The highest BCUT2D eigenvalue weighted by Crippen LogP contribution is 2.32. The van der Waals surface area contributed by atoms with Crippen molar-refractivity contribution in [3.05, 3.63) is 63.8 Å². The van der Waals surface area contributed by atoms with E-state index in [9.17, 15) is 18.8 Å². The molecule has 2 aromatic carbocycles. The van der Waals surface area contributed by atoms with Crippen molar-refractivity contribution in [2.75, 3.05) is 18.5 Å². The van der Waals surface area contributed by atoms with Gasteiger partial charge in [0.25, 0.3) is 11.1 Å². The molecule has 0 aliphatic carbocycles. The van der Waals surface area contributed by atoms with Crippen molar-refractivity contribution in [1.82, 2.24) is 4.90 Å². The van der Waals surface area contributed by atoms with Gasteiger partial charge in [0.1, 0.15) is 18.1 Å². The second-order valence-electron chi connectivity index (χ2n) is 5.95. The molecule has 1 saturated heterocycles.